The van der Waals surface area contributed by atoms with Crippen LogP contribution in [0.25, 0.3) is 0 Å². The number of hydrogen-bond donors (Lipinski definition) is 1. The number of rotatable bonds is 13. The zero-order valence-electron chi connectivity index (χ0n) is 20.1. The molecule has 1 amide bonds. The predicted molar refractivity (Wildman–Crippen MR) is 132 cm³/mol. The Hall–Kier alpha value is -2.78. The van der Waals surface area contributed by atoms with Crippen molar-refractivity contribution in [2.24, 2.45) is 0 Å². The molecule has 182 valence electrons. The molecule has 2 rings (SSSR count). The van der Waals surface area contributed by atoms with Crippen LogP contribution in [0.1, 0.15) is 34.6 Å². The van der Waals surface area contributed by atoms with Crippen molar-refractivity contribution in [3.63, 3.8) is 0 Å². The molecule has 1 N–H and O–H groups in total. The first kappa shape index (κ1) is 26.5. The van der Waals surface area contributed by atoms with Crippen LogP contribution in [-0.2, 0) is 14.8 Å². The van der Waals surface area contributed by atoms with Crippen LogP contribution in [0.15, 0.2) is 47.4 Å². The lowest BCUT2D eigenvalue weighted by atomic mass is 10.2. The van der Waals surface area contributed by atoms with E-state index in [0.717, 1.165) is 18.8 Å². The lowest BCUT2D eigenvalue weighted by Crippen LogP contribution is -2.31. The maximum atomic E-state index is 13.1. The van der Waals surface area contributed by atoms with Crippen LogP contribution in [0.4, 0.5) is 11.4 Å². The fraction of sp³-hybridized carbons (Fsp3) is 0.458. The van der Waals surface area contributed by atoms with E-state index in [4.69, 9.17) is 9.47 Å². The summed E-state index contributed by atoms with van der Waals surface area (Å²) in [6, 6.07) is 12.2. The second-order valence-corrected chi connectivity index (χ2v) is 9.10. The molecule has 0 aliphatic carbocycles. The molecule has 0 radical (unpaired) electrons. The number of nitrogens with zero attached hydrogens (tertiary/aromatic N) is 2. The minimum absolute atomic E-state index is 0.0266. The fourth-order valence-corrected chi connectivity index (χ4v) is 5.08. The van der Waals surface area contributed by atoms with Gasteiger partial charge >= 0.3 is 0 Å². The lowest BCUT2D eigenvalue weighted by molar-refractivity contribution is -0.118. The van der Waals surface area contributed by atoms with E-state index in [1.165, 1.54) is 10.4 Å². The summed E-state index contributed by atoms with van der Waals surface area (Å²) in [5.41, 5.74) is 1.38. The zero-order valence-corrected chi connectivity index (χ0v) is 20.9. The minimum Gasteiger partial charge on any atom is -0.492 e. The molecule has 0 aliphatic rings. The minimum atomic E-state index is -3.76. The predicted octanol–water partition coefficient (Wildman–Crippen LogP) is 3.98. The van der Waals surface area contributed by atoms with Crippen molar-refractivity contribution in [1.29, 1.82) is 0 Å². The van der Waals surface area contributed by atoms with Crippen molar-refractivity contribution in [3.8, 4) is 11.5 Å². The number of carbonyl (C=O) groups is 1. The first-order valence-corrected chi connectivity index (χ1v) is 12.8. The van der Waals surface area contributed by atoms with Crippen LogP contribution >= 0.6 is 0 Å². The third-order valence-electron chi connectivity index (χ3n) is 5.17. The molecule has 2 aromatic carbocycles. The molecule has 0 spiro atoms. The highest BCUT2D eigenvalue weighted by Crippen LogP contribution is 2.30. The molecule has 0 bridgehead atoms. The average Bonchev–Trinajstić information content (AvgIpc) is 2.80. The molecule has 0 heterocycles. The Balaban J connectivity index is 2.16. The van der Waals surface area contributed by atoms with Gasteiger partial charge in [0.2, 0.25) is 10.0 Å². The van der Waals surface area contributed by atoms with Gasteiger partial charge < -0.3 is 19.7 Å². The van der Waals surface area contributed by atoms with Crippen molar-refractivity contribution in [2.45, 2.75) is 39.5 Å². The Bertz CT molecular complexity index is 1020. The molecule has 0 fully saturated rings. The fourth-order valence-electron chi connectivity index (χ4n) is 3.47. The molecule has 33 heavy (non-hydrogen) atoms. The van der Waals surface area contributed by atoms with Gasteiger partial charge in [-0.25, -0.2) is 8.42 Å². The van der Waals surface area contributed by atoms with Crippen LogP contribution in [0.5, 0.6) is 11.5 Å². The Morgan fingerprint density at radius 2 is 1.61 bits per heavy atom. The van der Waals surface area contributed by atoms with Gasteiger partial charge in [0.05, 0.1) is 6.61 Å². The molecule has 2 aromatic rings. The number of sulfonamides is 1. The maximum absolute atomic E-state index is 13.1. The highest BCUT2D eigenvalue weighted by molar-refractivity contribution is 7.89. The van der Waals surface area contributed by atoms with Gasteiger partial charge in [-0.1, -0.05) is 19.9 Å². The molecular weight excluding hydrogens is 442 g/mol. The molecule has 0 saturated carbocycles. The molecule has 0 atom stereocenters. The first-order chi connectivity index (χ1) is 15.8. The van der Waals surface area contributed by atoms with Gasteiger partial charge in [0.1, 0.15) is 16.4 Å². The van der Waals surface area contributed by atoms with E-state index >= 15 is 0 Å². The molecule has 0 saturated heterocycles. The van der Waals surface area contributed by atoms with Gasteiger partial charge in [-0.2, -0.15) is 4.31 Å². The first-order valence-electron chi connectivity index (χ1n) is 11.3. The van der Waals surface area contributed by atoms with Gasteiger partial charge in [-0.3, -0.25) is 4.79 Å². The Morgan fingerprint density at radius 3 is 2.21 bits per heavy atom. The van der Waals surface area contributed by atoms with E-state index in [1.807, 2.05) is 18.2 Å². The Morgan fingerprint density at radius 1 is 0.909 bits per heavy atom. The number of ether oxygens (including phenoxy) is 2. The molecular formula is C24H35N3O5S. The van der Waals surface area contributed by atoms with Crippen LogP contribution in [0.3, 0.4) is 0 Å². The van der Waals surface area contributed by atoms with E-state index in [0.29, 0.717) is 31.1 Å². The van der Waals surface area contributed by atoms with Crippen molar-refractivity contribution in [3.05, 3.63) is 42.5 Å². The number of amides is 1. The summed E-state index contributed by atoms with van der Waals surface area (Å²) in [7, 11) is -3.76. The smallest absolute Gasteiger partial charge is 0.262 e. The van der Waals surface area contributed by atoms with Crippen molar-refractivity contribution < 1.29 is 22.7 Å². The van der Waals surface area contributed by atoms with E-state index in [-0.39, 0.29) is 17.3 Å². The molecule has 9 heteroatoms. The normalized spacial score (nSPS) is 11.3. The topological polar surface area (TPSA) is 88.2 Å². The average molecular weight is 478 g/mol. The molecule has 8 nitrogen and oxygen atoms in total. The van der Waals surface area contributed by atoms with E-state index in [1.54, 1.807) is 39.0 Å². The van der Waals surface area contributed by atoms with Gasteiger partial charge in [-0.05, 0) is 51.1 Å². The van der Waals surface area contributed by atoms with Gasteiger partial charge in [0, 0.05) is 43.6 Å². The highest BCUT2D eigenvalue weighted by Gasteiger charge is 2.26. The number of hydrogen-bond acceptors (Lipinski definition) is 6. The van der Waals surface area contributed by atoms with Gasteiger partial charge in [0.25, 0.3) is 5.91 Å². The number of nitrogens with one attached hydrogen (secondary N) is 1. The monoisotopic (exact) mass is 477 g/mol. The van der Waals surface area contributed by atoms with E-state index in [9.17, 15) is 13.2 Å². The largest absolute Gasteiger partial charge is 0.492 e. The van der Waals surface area contributed by atoms with E-state index < -0.39 is 15.9 Å². The second-order valence-electron chi connectivity index (χ2n) is 7.19. The van der Waals surface area contributed by atoms with Gasteiger partial charge in [-0.15, -0.1) is 0 Å². The van der Waals surface area contributed by atoms with Crippen LogP contribution < -0.4 is 19.7 Å². The van der Waals surface area contributed by atoms with Crippen LogP contribution in [0.2, 0.25) is 0 Å². The Kier molecular flexibility index (Phi) is 9.99. The van der Waals surface area contributed by atoms with Crippen molar-refractivity contribution in [1.82, 2.24) is 4.31 Å². The SMILES string of the molecule is CCOc1ccc(NC(=O)COc2cccc(N(CC)CC)c2)cc1S(=O)(=O)N(CC)CC. The van der Waals surface area contributed by atoms with Crippen molar-refractivity contribution in [2.75, 3.05) is 49.6 Å². The summed E-state index contributed by atoms with van der Waals surface area (Å²) in [6.45, 7) is 12.0. The lowest BCUT2D eigenvalue weighted by Gasteiger charge is -2.21. The Labute approximate surface area is 197 Å². The quantitative estimate of drug-likeness (QED) is 0.470. The second kappa shape index (κ2) is 12.5. The van der Waals surface area contributed by atoms with Crippen LogP contribution in [0, 0.1) is 0 Å². The van der Waals surface area contributed by atoms with Gasteiger partial charge in [0.15, 0.2) is 6.61 Å². The number of anilines is 2. The third kappa shape index (κ3) is 6.85. The number of benzene rings is 2. The van der Waals surface area contributed by atoms with Crippen molar-refractivity contribution >= 4 is 27.3 Å². The third-order valence-corrected chi connectivity index (χ3v) is 7.24. The summed E-state index contributed by atoms with van der Waals surface area (Å²) < 4.78 is 38.7. The molecule has 0 aliphatic heterocycles. The highest BCUT2D eigenvalue weighted by atomic mass is 32.2. The summed E-state index contributed by atoms with van der Waals surface area (Å²) in [5, 5.41) is 2.72. The summed E-state index contributed by atoms with van der Waals surface area (Å²) in [5.74, 6) is 0.455. The maximum Gasteiger partial charge on any atom is 0.262 e. The molecule has 0 aromatic heterocycles. The summed E-state index contributed by atoms with van der Waals surface area (Å²) in [6.07, 6.45) is 0. The zero-order chi connectivity index (χ0) is 24.4. The molecule has 0 unspecified atom stereocenters. The standard InChI is InChI=1S/C24H35N3O5S/c1-6-26(7-2)20-12-11-13-21(17-20)32-18-24(28)25-19-14-15-22(31-10-5)23(16-19)33(29,30)27(8-3)9-4/h11-17H,6-10,18H2,1-5H3,(H,25,28). The number of carbonyl (C=O) groups excluding carboxylic acids is 1. The summed E-state index contributed by atoms with van der Waals surface area (Å²) >= 11 is 0. The summed E-state index contributed by atoms with van der Waals surface area (Å²) in [4.78, 5) is 14.7. The van der Waals surface area contributed by atoms with E-state index in [2.05, 4.69) is 24.1 Å². The van der Waals surface area contributed by atoms with Crippen LogP contribution in [-0.4, -0.2) is 58.0 Å².